The molecule has 0 unspecified atom stereocenters. The van der Waals surface area contributed by atoms with Crippen LogP contribution in [0.3, 0.4) is 0 Å². The number of benzene rings is 2. The number of nitrogens with one attached hydrogen (secondary N) is 1. The summed E-state index contributed by atoms with van der Waals surface area (Å²) < 4.78 is 10.7. The van der Waals surface area contributed by atoms with E-state index in [1.807, 2.05) is 62.4 Å². The fraction of sp³-hybridized carbons (Fsp3) is 0.263. The summed E-state index contributed by atoms with van der Waals surface area (Å²) in [5, 5.41) is 3.97. The molecule has 2 aromatic carbocycles. The topological polar surface area (TPSA) is 59.9 Å². The van der Waals surface area contributed by atoms with Crippen molar-refractivity contribution in [2.75, 3.05) is 13.2 Å². The number of hydrazone groups is 1. The Balaban J connectivity index is 1.81. The van der Waals surface area contributed by atoms with Gasteiger partial charge in [0.05, 0.1) is 25.8 Å². The molecule has 126 valence electrons. The van der Waals surface area contributed by atoms with Gasteiger partial charge in [-0.15, -0.1) is 0 Å². The minimum atomic E-state index is -0.165. The molecule has 0 aliphatic heterocycles. The average molecular weight is 326 g/mol. The minimum absolute atomic E-state index is 0.165. The van der Waals surface area contributed by atoms with Gasteiger partial charge in [0.15, 0.2) is 0 Å². The standard InChI is InChI=1S/C19H22N2O3/c1-3-23-17-9-5-15(6-10-17)13-19(22)21-20-14-16-7-11-18(12-8-16)24-4-2/h5-12,14H,3-4,13H2,1-2H3,(H,21,22)/b20-14+. The van der Waals surface area contributed by atoms with Gasteiger partial charge in [0.2, 0.25) is 5.91 Å². The number of carbonyl (C=O) groups excluding carboxylic acids is 1. The summed E-state index contributed by atoms with van der Waals surface area (Å²) in [6.45, 7) is 5.13. The molecule has 1 N–H and O–H groups in total. The molecule has 0 aromatic heterocycles. The molecule has 0 radical (unpaired) electrons. The zero-order chi connectivity index (χ0) is 17.2. The van der Waals surface area contributed by atoms with E-state index >= 15 is 0 Å². The number of carbonyl (C=O) groups is 1. The first-order chi connectivity index (χ1) is 11.7. The fourth-order valence-electron chi connectivity index (χ4n) is 2.09. The Kier molecular flexibility index (Phi) is 6.83. The molecule has 2 rings (SSSR count). The van der Waals surface area contributed by atoms with Gasteiger partial charge >= 0.3 is 0 Å². The van der Waals surface area contributed by atoms with Crippen molar-refractivity contribution in [3.63, 3.8) is 0 Å². The number of hydrogen-bond donors (Lipinski definition) is 1. The molecule has 1 amide bonds. The van der Waals surface area contributed by atoms with Crippen LogP contribution in [-0.2, 0) is 11.2 Å². The Hall–Kier alpha value is -2.82. The summed E-state index contributed by atoms with van der Waals surface area (Å²) in [7, 11) is 0. The molecule has 0 heterocycles. The van der Waals surface area contributed by atoms with Crippen LogP contribution in [0.25, 0.3) is 0 Å². The van der Waals surface area contributed by atoms with E-state index in [1.165, 1.54) is 0 Å². The highest BCUT2D eigenvalue weighted by atomic mass is 16.5. The summed E-state index contributed by atoms with van der Waals surface area (Å²) in [6.07, 6.45) is 1.87. The van der Waals surface area contributed by atoms with Gasteiger partial charge in [0, 0.05) is 0 Å². The lowest BCUT2D eigenvalue weighted by Crippen LogP contribution is -2.19. The molecular weight excluding hydrogens is 304 g/mol. The SMILES string of the molecule is CCOc1ccc(/C=N/NC(=O)Cc2ccc(OCC)cc2)cc1. The summed E-state index contributed by atoms with van der Waals surface area (Å²) in [5.41, 5.74) is 4.33. The van der Waals surface area contributed by atoms with Crippen molar-refractivity contribution in [1.82, 2.24) is 5.43 Å². The van der Waals surface area contributed by atoms with E-state index in [4.69, 9.17) is 9.47 Å². The molecule has 0 atom stereocenters. The largest absolute Gasteiger partial charge is 0.494 e. The lowest BCUT2D eigenvalue weighted by Gasteiger charge is -2.04. The normalized spacial score (nSPS) is 10.6. The highest BCUT2D eigenvalue weighted by Gasteiger charge is 2.02. The van der Waals surface area contributed by atoms with Crippen molar-refractivity contribution < 1.29 is 14.3 Å². The Labute approximate surface area is 142 Å². The van der Waals surface area contributed by atoms with E-state index in [0.717, 1.165) is 22.6 Å². The zero-order valence-electron chi connectivity index (χ0n) is 14.0. The molecule has 5 nitrogen and oxygen atoms in total. The second kappa shape index (κ2) is 9.35. The smallest absolute Gasteiger partial charge is 0.244 e. The number of hydrogen-bond acceptors (Lipinski definition) is 4. The molecule has 0 saturated heterocycles. The van der Waals surface area contributed by atoms with Gasteiger partial charge < -0.3 is 9.47 Å². The number of rotatable bonds is 8. The average Bonchev–Trinajstić information content (AvgIpc) is 2.59. The van der Waals surface area contributed by atoms with Crippen LogP contribution in [0.4, 0.5) is 0 Å². The second-order valence-electron chi connectivity index (χ2n) is 5.05. The quantitative estimate of drug-likeness (QED) is 0.599. The van der Waals surface area contributed by atoms with Crippen LogP contribution >= 0.6 is 0 Å². The predicted molar refractivity (Wildman–Crippen MR) is 94.7 cm³/mol. The van der Waals surface area contributed by atoms with E-state index in [0.29, 0.717) is 13.2 Å². The lowest BCUT2D eigenvalue weighted by atomic mass is 10.1. The van der Waals surface area contributed by atoms with Crippen LogP contribution in [0.2, 0.25) is 0 Å². The Morgan fingerprint density at radius 3 is 2.04 bits per heavy atom. The van der Waals surface area contributed by atoms with Crippen molar-refractivity contribution in [2.24, 2.45) is 5.10 Å². The third-order valence-electron chi connectivity index (χ3n) is 3.19. The molecule has 5 heteroatoms. The van der Waals surface area contributed by atoms with Crippen molar-refractivity contribution in [1.29, 1.82) is 0 Å². The predicted octanol–water partition coefficient (Wildman–Crippen LogP) is 3.18. The molecule has 2 aromatic rings. The summed E-state index contributed by atoms with van der Waals surface area (Å²) in [6, 6.07) is 15.0. The maximum absolute atomic E-state index is 11.9. The van der Waals surface area contributed by atoms with Crippen molar-refractivity contribution >= 4 is 12.1 Å². The molecule has 0 bridgehead atoms. The molecule has 0 aliphatic carbocycles. The monoisotopic (exact) mass is 326 g/mol. The van der Waals surface area contributed by atoms with Crippen LogP contribution in [-0.4, -0.2) is 25.3 Å². The van der Waals surface area contributed by atoms with Gasteiger partial charge in [-0.2, -0.15) is 5.10 Å². The highest BCUT2D eigenvalue weighted by Crippen LogP contribution is 2.12. The van der Waals surface area contributed by atoms with Crippen molar-refractivity contribution in [3.8, 4) is 11.5 Å². The highest BCUT2D eigenvalue weighted by molar-refractivity contribution is 5.83. The molecule has 0 aliphatic rings. The molecule has 0 saturated carbocycles. The Bertz CT molecular complexity index is 664. The van der Waals surface area contributed by atoms with Crippen molar-refractivity contribution in [3.05, 3.63) is 59.7 Å². The molecular formula is C19H22N2O3. The molecule has 24 heavy (non-hydrogen) atoms. The van der Waals surface area contributed by atoms with Gasteiger partial charge in [-0.3, -0.25) is 4.79 Å². The first-order valence-electron chi connectivity index (χ1n) is 7.97. The van der Waals surface area contributed by atoms with Gasteiger partial charge in [-0.1, -0.05) is 12.1 Å². The third kappa shape index (κ3) is 5.76. The lowest BCUT2D eigenvalue weighted by molar-refractivity contribution is -0.120. The maximum atomic E-state index is 11.9. The zero-order valence-corrected chi connectivity index (χ0v) is 14.0. The van der Waals surface area contributed by atoms with E-state index < -0.39 is 0 Å². The van der Waals surface area contributed by atoms with Crippen LogP contribution < -0.4 is 14.9 Å². The van der Waals surface area contributed by atoms with Gasteiger partial charge in [-0.25, -0.2) is 5.43 Å². The van der Waals surface area contributed by atoms with Gasteiger partial charge in [-0.05, 0) is 61.4 Å². The van der Waals surface area contributed by atoms with Crippen LogP contribution in [0, 0.1) is 0 Å². The fourth-order valence-corrected chi connectivity index (χ4v) is 2.09. The van der Waals surface area contributed by atoms with E-state index in [-0.39, 0.29) is 12.3 Å². The Morgan fingerprint density at radius 2 is 1.50 bits per heavy atom. The number of nitrogens with zero attached hydrogens (tertiary/aromatic N) is 1. The van der Waals surface area contributed by atoms with Gasteiger partial charge in [0.1, 0.15) is 11.5 Å². The third-order valence-corrected chi connectivity index (χ3v) is 3.19. The van der Waals surface area contributed by atoms with Crippen LogP contribution in [0.15, 0.2) is 53.6 Å². The molecule has 0 fully saturated rings. The minimum Gasteiger partial charge on any atom is -0.494 e. The summed E-state index contributed by atoms with van der Waals surface area (Å²) in [4.78, 5) is 11.9. The van der Waals surface area contributed by atoms with Crippen LogP contribution in [0.5, 0.6) is 11.5 Å². The first kappa shape index (κ1) is 17.5. The van der Waals surface area contributed by atoms with E-state index in [1.54, 1.807) is 6.21 Å². The first-order valence-corrected chi connectivity index (χ1v) is 7.97. The van der Waals surface area contributed by atoms with Gasteiger partial charge in [0.25, 0.3) is 0 Å². The van der Waals surface area contributed by atoms with Crippen LogP contribution in [0.1, 0.15) is 25.0 Å². The number of ether oxygens (including phenoxy) is 2. The molecule has 0 spiro atoms. The number of amides is 1. The maximum Gasteiger partial charge on any atom is 0.244 e. The summed E-state index contributed by atoms with van der Waals surface area (Å²) >= 11 is 0. The second-order valence-corrected chi connectivity index (χ2v) is 5.05. The van der Waals surface area contributed by atoms with E-state index in [9.17, 15) is 4.79 Å². The van der Waals surface area contributed by atoms with E-state index in [2.05, 4.69) is 10.5 Å². The summed E-state index contributed by atoms with van der Waals surface area (Å²) in [5.74, 6) is 1.45. The Morgan fingerprint density at radius 1 is 0.958 bits per heavy atom. The van der Waals surface area contributed by atoms with Crippen molar-refractivity contribution in [2.45, 2.75) is 20.3 Å².